The van der Waals surface area contributed by atoms with E-state index in [1.807, 2.05) is 66.7 Å². The summed E-state index contributed by atoms with van der Waals surface area (Å²) in [6.07, 6.45) is 0. The Morgan fingerprint density at radius 2 is 1.68 bits per heavy atom. The van der Waals surface area contributed by atoms with Gasteiger partial charge in [0.05, 0.1) is 11.6 Å². The van der Waals surface area contributed by atoms with Crippen LogP contribution in [0.25, 0.3) is 0 Å². The molecular weight excluding hydrogens is 484 g/mol. The highest BCUT2D eigenvalue weighted by Crippen LogP contribution is 2.38. The zero-order valence-electron chi connectivity index (χ0n) is 14.7. The molecule has 0 unspecified atom stereocenters. The summed E-state index contributed by atoms with van der Waals surface area (Å²) in [5.74, 6) is -0.424. The average molecular weight is 500 g/mol. The fourth-order valence-corrected chi connectivity index (χ4v) is 4.28. The second-order valence-electron chi connectivity index (χ2n) is 6.51. The zero-order chi connectivity index (χ0) is 19.7. The number of amides is 2. The van der Waals surface area contributed by atoms with E-state index >= 15 is 0 Å². The van der Waals surface area contributed by atoms with Gasteiger partial charge < -0.3 is 10.2 Å². The summed E-state index contributed by atoms with van der Waals surface area (Å²) >= 11 is 6.98. The maximum absolute atomic E-state index is 13.5. The highest BCUT2D eigenvalue weighted by atomic mass is 79.9. The van der Waals surface area contributed by atoms with E-state index in [0.717, 1.165) is 15.6 Å². The van der Waals surface area contributed by atoms with Crippen LogP contribution in [0, 0.1) is 0 Å². The van der Waals surface area contributed by atoms with Gasteiger partial charge >= 0.3 is 0 Å². The summed E-state index contributed by atoms with van der Waals surface area (Å²) in [5, 5.41) is 2.93. The second kappa shape index (κ2) is 7.89. The highest BCUT2D eigenvalue weighted by Gasteiger charge is 2.34. The van der Waals surface area contributed by atoms with Crippen molar-refractivity contribution in [2.24, 2.45) is 0 Å². The minimum atomic E-state index is -0.396. The van der Waals surface area contributed by atoms with E-state index in [1.54, 1.807) is 11.0 Å². The smallest absolute Gasteiger partial charge is 0.256 e. The zero-order valence-corrected chi connectivity index (χ0v) is 17.9. The molecule has 3 aromatic rings. The van der Waals surface area contributed by atoms with Crippen LogP contribution in [-0.2, 0) is 4.79 Å². The molecule has 0 bridgehead atoms. The maximum atomic E-state index is 13.5. The van der Waals surface area contributed by atoms with Crippen molar-refractivity contribution in [3.63, 3.8) is 0 Å². The number of hydrogen-bond donors (Lipinski definition) is 1. The first-order valence-electron chi connectivity index (χ1n) is 8.74. The lowest BCUT2D eigenvalue weighted by atomic mass is 9.95. The molecule has 0 aromatic heterocycles. The van der Waals surface area contributed by atoms with E-state index in [1.165, 1.54) is 0 Å². The van der Waals surface area contributed by atoms with Crippen molar-refractivity contribution in [1.82, 2.24) is 4.90 Å². The van der Waals surface area contributed by atoms with Gasteiger partial charge in [-0.2, -0.15) is 0 Å². The van der Waals surface area contributed by atoms with Crippen LogP contribution in [0.15, 0.2) is 81.7 Å². The molecule has 140 valence electrons. The van der Waals surface area contributed by atoms with Gasteiger partial charge in [0.15, 0.2) is 0 Å². The number of nitrogens with zero attached hydrogens (tertiary/aromatic N) is 1. The van der Waals surface area contributed by atoms with Crippen molar-refractivity contribution in [3.05, 3.63) is 98.4 Å². The van der Waals surface area contributed by atoms with Gasteiger partial charge in [0.1, 0.15) is 6.54 Å². The van der Waals surface area contributed by atoms with E-state index in [4.69, 9.17) is 0 Å². The molecule has 0 saturated carbocycles. The Kier molecular flexibility index (Phi) is 5.33. The fourth-order valence-electron chi connectivity index (χ4n) is 3.45. The van der Waals surface area contributed by atoms with Crippen LogP contribution < -0.4 is 5.32 Å². The molecule has 3 aromatic carbocycles. The lowest BCUT2D eigenvalue weighted by Crippen LogP contribution is -2.39. The molecule has 1 N–H and O–H groups in total. The summed E-state index contributed by atoms with van der Waals surface area (Å²) < 4.78 is 1.59. The maximum Gasteiger partial charge on any atom is 0.256 e. The minimum Gasteiger partial charge on any atom is -0.324 e. The Labute approximate surface area is 179 Å². The first-order chi connectivity index (χ1) is 13.5. The molecule has 1 aliphatic rings. The molecule has 0 aliphatic carbocycles. The number of benzene rings is 3. The first-order valence-corrected chi connectivity index (χ1v) is 10.3. The van der Waals surface area contributed by atoms with E-state index in [0.29, 0.717) is 15.7 Å². The molecule has 0 spiro atoms. The molecule has 1 atom stereocenters. The van der Waals surface area contributed by atoms with Gasteiger partial charge in [-0.25, -0.2) is 0 Å². The molecule has 2 amide bonds. The summed E-state index contributed by atoms with van der Waals surface area (Å²) in [5.41, 5.74) is 3.05. The standard InChI is InChI=1S/C22H16Br2N2O2/c23-15-10-11-19-17(12-15)21(14-6-2-1-3-7-14)26(13-20(27)25-19)22(28)16-8-4-5-9-18(16)24/h1-12,21H,13H2,(H,25,27)/t21-/m0/s1. The first kappa shape index (κ1) is 18.9. The SMILES string of the molecule is O=C1CN(C(=O)c2ccccc2Br)[C@@H](c2ccccc2)c2cc(Br)ccc2N1. The molecule has 28 heavy (non-hydrogen) atoms. The van der Waals surface area contributed by atoms with Crippen LogP contribution in [0.2, 0.25) is 0 Å². The van der Waals surface area contributed by atoms with Crippen LogP contribution in [0.1, 0.15) is 27.5 Å². The molecule has 0 radical (unpaired) electrons. The van der Waals surface area contributed by atoms with Crippen molar-refractivity contribution in [2.45, 2.75) is 6.04 Å². The third-order valence-corrected chi connectivity index (χ3v) is 5.87. The molecule has 0 fully saturated rings. The molecule has 4 rings (SSSR count). The number of fused-ring (bicyclic) bond motifs is 1. The number of nitrogens with one attached hydrogen (secondary N) is 1. The number of anilines is 1. The summed E-state index contributed by atoms with van der Waals surface area (Å²) in [4.78, 5) is 27.7. The van der Waals surface area contributed by atoms with Crippen LogP contribution >= 0.6 is 31.9 Å². The van der Waals surface area contributed by atoms with Crippen LogP contribution in [0.3, 0.4) is 0 Å². The van der Waals surface area contributed by atoms with Crippen LogP contribution in [0.4, 0.5) is 5.69 Å². The third-order valence-electron chi connectivity index (χ3n) is 4.69. The Balaban J connectivity index is 1.91. The highest BCUT2D eigenvalue weighted by molar-refractivity contribution is 9.10. The number of hydrogen-bond acceptors (Lipinski definition) is 2. The summed E-state index contributed by atoms with van der Waals surface area (Å²) in [6.45, 7) is -0.0357. The van der Waals surface area contributed by atoms with Gasteiger partial charge in [-0.05, 0) is 51.8 Å². The molecule has 1 heterocycles. The molecular formula is C22H16Br2N2O2. The Morgan fingerprint density at radius 1 is 0.964 bits per heavy atom. The van der Waals surface area contributed by atoms with Crippen molar-refractivity contribution in [2.75, 3.05) is 11.9 Å². The van der Waals surface area contributed by atoms with Gasteiger partial charge in [0.25, 0.3) is 5.91 Å². The molecule has 6 heteroatoms. The summed E-state index contributed by atoms with van der Waals surface area (Å²) in [6, 6.07) is 22.3. The normalized spacial score (nSPS) is 16.1. The molecule has 0 saturated heterocycles. The largest absolute Gasteiger partial charge is 0.324 e. The van der Waals surface area contributed by atoms with E-state index in [2.05, 4.69) is 37.2 Å². The number of halogens is 2. The van der Waals surface area contributed by atoms with E-state index < -0.39 is 6.04 Å². The van der Waals surface area contributed by atoms with Crippen LogP contribution in [0.5, 0.6) is 0 Å². The van der Waals surface area contributed by atoms with Crippen molar-refractivity contribution in [3.8, 4) is 0 Å². The van der Waals surface area contributed by atoms with E-state index in [-0.39, 0.29) is 18.4 Å². The van der Waals surface area contributed by atoms with Gasteiger partial charge in [-0.1, -0.05) is 58.4 Å². The predicted molar refractivity (Wildman–Crippen MR) is 116 cm³/mol. The van der Waals surface area contributed by atoms with Gasteiger partial charge in [0, 0.05) is 20.2 Å². The predicted octanol–water partition coefficient (Wildman–Crippen LogP) is 5.40. The van der Waals surface area contributed by atoms with Crippen molar-refractivity contribution < 1.29 is 9.59 Å². The molecule has 1 aliphatic heterocycles. The Bertz CT molecular complexity index is 1050. The van der Waals surface area contributed by atoms with Crippen molar-refractivity contribution in [1.29, 1.82) is 0 Å². The Hall–Kier alpha value is -2.44. The van der Waals surface area contributed by atoms with Gasteiger partial charge in [-0.3, -0.25) is 9.59 Å². The third kappa shape index (κ3) is 3.62. The van der Waals surface area contributed by atoms with Gasteiger partial charge in [0.2, 0.25) is 5.91 Å². The lowest BCUT2D eigenvalue weighted by Gasteiger charge is -2.31. The minimum absolute atomic E-state index is 0.0357. The summed E-state index contributed by atoms with van der Waals surface area (Å²) in [7, 11) is 0. The van der Waals surface area contributed by atoms with Crippen molar-refractivity contribution >= 4 is 49.4 Å². The fraction of sp³-hybridized carbons (Fsp3) is 0.0909. The number of rotatable bonds is 2. The number of carbonyl (C=O) groups is 2. The Morgan fingerprint density at radius 3 is 2.43 bits per heavy atom. The van der Waals surface area contributed by atoms with Gasteiger partial charge in [-0.15, -0.1) is 0 Å². The van der Waals surface area contributed by atoms with Crippen LogP contribution in [-0.4, -0.2) is 23.3 Å². The second-order valence-corrected chi connectivity index (χ2v) is 8.28. The quantitative estimate of drug-likeness (QED) is 0.513. The monoisotopic (exact) mass is 498 g/mol. The van der Waals surface area contributed by atoms with E-state index in [9.17, 15) is 9.59 Å². The lowest BCUT2D eigenvalue weighted by molar-refractivity contribution is -0.117. The average Bonchev–Trinajstić information content (AvgIpc) is 2.84. The number of carbonyl (C=O) groups excluding carboxylic acids is 2. The molecule has 4 nitrogen and oxygen atoms in total. The topological polar surface area (TPSA) is 49.4 Å².